The summed E-state index contributed by atoms with van der Waals surface area (Å²) in [5.41, 5.74) is 10.1. The molecule has 1 aromatic carbocycles. The van der Waals surface area contributed by atoms with E-state index in [1.807, 2.05) is 0 Å². The number of aromatic nitrogens is 2. The van der Waals surface area contributed by atoms with E-state index in [-0.39, 0.29) is 0 Å². The van der Waals surface area contributed by atoms with Crippen LogP contribution in [0.15, 0.2) is 30.6 Å². The van der Waals surface area contributed by atoms with Gasteiger partial charge in [-0.05, 0) is 30.4 Å². The van der Waals surface area contributed by atoms with Crippen molar-refractivity contribution < 1.29 is 0 Å². The number of nitrogen functional groups attached to an aromatic ring is 1. The number of benzene rings is 1. The molecular formula is C17H22N4. The first kappa shape index (κ1) is 13.9. The topological polar surface area (TPSA) is 55.0 Å². The van der Waals surface area contributed by atoms with Gasteiger partial charge in [-0.1, -0.05) is 37.6 Å². The Kier molecular flexibility index (Phi) is 4.04. The van der Waals surface area contributed by atoms with E-state index in [2.05, 4.69) is 46.1 Å². The Morgan fingerprint density at radius 1 is 1.10 bits per heavy atom. The minimum absolute atomic E-state index is 0.628. The van der Waals surface area contributed by atoms with Gasteiger partial charge in [-0.2, -0.15) is 0 Å². The van der Waals surface area contributed by atoms with Gasteiger partial charge in [0, 0.05) is 18.7 Å². The first-order valence-corrected chi connectivity index (χ1v) is 7.70. The molecule has 0 amide bonds. The molecule has 0 saturated heterocycles. The maximum atomic E-state index is 6.06. The van der Waals surface area contributed by atoms with Crippen LogP contribution in [0, 0.1) is 0 Å². The highest BCUT2D eigenvalue weighted by Crippen LogP contribution is 2.25. The first-order chi connectivity index (χ1) is 10.3. The monoisotopic (exact) mass is 282 g/mol. The van der Waals surface area contributed by atoms with E-state index in [1.165, 1.54) is 11.1 Å². The number of rotatable bonds is 3. The van der Waals surface area contributed by atoms with Gasteiger partial charge in [0.25, 0.3) is 0 Å². The summed E-state index contributed by atoms with van der Waals surface area (Å²) in [5, 5.41) is 0. The fraction of sp³-hybridized carbons (Fsp3) is 0.412. The molecule has 0 spiro atoms. The van der Waals surface area contributed by atoms with Gasteiger partial charge >= 0.3 is 0 Å². The van der Waals surface area contributed by atoms with Gasteiger partial charge in [0.1, 0.15) is 18.0 Å². The third kappa shape index (κ3) is 2.84. The summed E-state index contributed by atoms with van der Waals surface area (Å²) >= 11 is 0. The second-order valence-corrected chi connectivity index (χ2v) is 5.57. The molecule has 110 valence electrons. The third-order valence-electron chi connectivity index (χ3n) is 4.18. The standard InChI is InChI=1S/C17H22N4/c1-2-5-15-16(18)19-12-20-17(15)21-10-8-13-6-3-4-7-14(13)9-11-21/h3-4,6-7,12H,2,5,8-11H2,1H3,(H2,18,19,20). The van der Waals surface area contributed by atoms with E-state index in [0.717, 1.165) is 50.2 Å². The van der Waals surface area contributed by atoms with E-state index in [9.17, 15) is 0 Å². The number of fused-ring (bicyclic) bond motifs is 1. The molecule has 1 aliphatic heterocycles. The maximum absolute atomic E-state index is 6.06. The molecule has 1 aromatic heterocycles. The van der Waals surface area contributed by atoms with Gasteiger partial charge < -0.3 is 10.6 Å². The van der Waals surface area contributed by atoms with Crippen LogP contribution in [0.1, 0.15) is 30.0 Å². The summed E-state index contributed by atoms with van der Waals surface area (Å²) in [6.45, 7) is 4.14. The largest absolute Gasteiger partial charge is 0.383 e. The lowest BCUT2D eigenvalue weighted by atomic mass is 10.0. The fourth-order valence-electron chi connectivity index (χ4n) is 3.06. The van der Waals surface area contributed by atoms with Crippen LogP contribution in [-0.2, 0) is 19.3 Å². The summed E-state index contributed by atoms with van der Waals surface area (Å²) in [5.74, 6) is 1.65. The van der Waals surface area contributed by atoms with Gasteiger partial charge in [-0.15, -0.1) is 0 Å². The first-order valence-electron chi connectivity index (χ1n) is 7.70. The molecule has 0 unspecified atom stereocenters. The van der Waals surface area contributed by atoms with Crippen LogP contribution >= 0.6 is 0 Å². The van der Waals surface area contributed by atoms with Crippen molar-refractivity contribution in [1.82, 2.24) is 9.97 Å². The Morgan fingerprint density at radius 2 is 1.76 bits per heavy atom. The number of nitrogens with zero attached hydrogens (tertiary/aromatic N) is 3. The lowest BCUT2D eigenvalue weighted by molar-refractivity contribution is 0.772. The number of hydrogen-bond acceptors (Lipinski definition) is 4. The summed E-state index contributed by atoms with van der Waals surface area (Å²) in [6, 6.07) is 8.72. The Morgan fingerprint density at radius 3 is 2.38 bits per heavy atom. The quantitative estimate of drug-likeness (QED) is 0.940. The Balaban J connectivity index is 1.88. The molecule has 0 bridgehead atoms. The van der Waals surface area contributed by atoms with Crippen molar-refractivity contribution in [2.45, 2.75) is 32.6 Å². The summed E-state index contributed by atoms with van der Waals surface area (Å²) < 4.78 is 0. The predicted molar refractivity (Wildman–Crippen MR) is 86.5 cm³/mol. The van der Waals surface area contributed by atoms with Crippen LogP contribution in [0.4, 0.5) is 11.6 Å². The van der Waals surface area contributed by atoms with Crippen LogP contribution in [0.2, 0.25) is 0 Å². The normalized spacial score (nSPS) is 14.6. The molecule has 2 N–H and O–H groups in total. The van der Waals surface area contributed by atoms with Crippen molar-refractivity contribution in [2.24, 2.45) is 0 Å². The summed E-state index contributed by atoms with van der Waals surface area (Å²) in [7, 11) is 0. The highest BCUT2D eigenvalue weighted by Gasteiger charge is 2.18. The SMILES string of the molecule is CCCc1c(N)ncnc1N1CCc2ccccc2CC1. The molecule has 2 aromatic rings. The van der Waals surface area contributed by atoms with E-state index in [1.54, 1.807) is 6.33 Å². The van der Waals surface area contributed by atoms with Crippen LogP contribution in [0.3, 0.4) is 0 Å². The second-order valence-electron chi connectivity index (χ2n) is 5.57. The summed E-state index contributed by atoms with van der Waals surface area (Å²) in [4.78, 5) is 11.0. The van der Waals surface area contributed by atoms with Crippen molar-refractivity contribution in [2.75, 3.05) is 23.7 Å². The Labute approximate surface area is 126 Å². The zero-order valence-electron chi connectivity index (χ0n) is 12.5. The predicted octanol–water partition coefficient (Wildman–Crippen LogP) is 2.62. The van der Waals surface area contributed by atoms with E-state index >= 15 is 0 Å². The molecule has 4 heteroatoms. The number of anilines is 2. The molecule has 0 atom stereocenters. The van der Waals surface area contributed by atoms with Crippen molar-refractivity contribution in [3.05, 3.63) is 47.3 Å². The van der Waals surface area contributed by atoms with Crippen molar-refractivity contribution in [3.63, 3.8) is 0 Å². The van der Waals surface area contributed by atoms with Crippen LogP contribution in [0.5, 0.6) is 0 Å². The fourth-order valence-corrected chi connectivity index (χ4v) is 3.06. The summed E-state index contributed by atoms with van der Waals surface area (Å²) in [6.07, 6.45) is 5.70. The molecule has 2 heterocycles. The molecule has 0 fully saturated rings. The Hall–Kier alpha value is -2.10. The minimum Gasteiger partial charge on any atom is -0.383 e. The minimum atomic E-state index is 0.628. The maximum Gasteiger partial charge on any atom is 0.137 e. The van der Waals surface area contributed by atoms with Crippen molar-refractivity contribution in [1.29, 1.82) is 0 Å². The molecule has 21 heavy (non-hydrogen) atoms. The van der Waals surface area contributed by atoms with Crippen LogP contribution in [-0.4, -0.2) is 23.1 Å². The average molecular weight is 282 g/mol. The van der Waals surface area contributed by atoms with Gasteiger partial charge in [-0.3, -0.25) is 0 Å². The van der Waals surface area contributed by atoms with Crippen molar-refractivity contribution in [3.8, 4) is 0 Å². The number of nitrogens with two attached hydrogens (primary N) is 1. The lowest BCUT2D eigenvalue weighted by Gasteiger charge is -2.24. The number of hydrogen-bond donors (Lipinski definition) is 1. The van der Waals surface area contributed by atoms with Gasteiger partial charge in [0.2, 0.25) is 0 Å². The van der Waals surface area contributed by atoms with E-state index < -0.39 is 0 Å². The zero-order chi connectivity index (χ0) is 14.7. The average Bonchev–Trinajstić information content (AvgIpc) is 2.72. The highest BCUT2D eigenvalue weighted by atomic mass is 15.2. The smallest absolute Gasteiger partial charge is 0.137 e. The molecular weight excluding hydrogens is 260 g/mol. The molecule has 1 aliphatic rings. The van der Waals surface area contributed by atoms with E-state index in [0.29, 0.717) is 5.82 Å². The van der Waals surface area contributed by atoms with Crippen molar-refractivity contribution >= 4 is 11.6 Å². The molecule has 0 saturated carbocycles. The zero-order valence-corrected chi connectivity index (χ0v) is 12.5. The van der Waals surface area contributed by atoms with Gasteiger partial charge in [0.05, 0.1) is 0 Å². The molecule has 0 radical (unpaired) electrons. The molecule has 0 aliphatic carbocycles. The lowest BCUT2D eigenvalue weighted by Crippen LogP contribution is -2.28. The van der Waals surface area contributed by atoms with Crippen LogP contribution < -0.4 is 10.6 Å². The van der Waals surface area contributed by atoms with E-state index in [4.69, 9.17) is 5.73 Å². The van der Waals surface area contributed by atoms with Crippen LogP contribution in [0.25, 0.3) is 0 Å². The molecule has 4 nitrogen and oxygen atoms in total. The second kappa shape index (κ2) is 6.12. The van der Waals surface area contributed by atoms with Gasteiger partial charge in [0.15, 0.2) is 0 Å². The Bertz CT molecular complexity index is 597. The highest BCUT2D eigenvalue weighted by molar-refractivity contribution is 5.57. The van der Waals surface area contributed by atoms with Gasteiger partial charge in [-0.25, -0.2) is 9.97 Å². The third-order valence-corrected chi connectivity index (χ3v) is 4.18. The molecule has 3 rings (SSSR count).